The van der Waals surface area contributed by atoms with Crippen LogP contribution in [0.2, 0.25) is 0 Å². The van der Waals surface area contributed by atoms with E-state index in [9.17, 15) is 4.79 Å². The van der Waals surface area contributed by atoms with Crippen LogP contribution in [0.25, 0.3) is 0 Å². The molecule has 92 valence electrons. The summed E-state index contributed by atoms with van der Waals surface area (Å²) in [5.41, 5.74) is 0. The zero-order valence-electron chi connectivity index (χ0n) is 10.0. The number of ketones is 1. The quantitative estimate of drug-likeness (QED) is 0.667. The number of carbonyl (C=O) groups is 1. The van der Waals surface area contributed by atoms with E-state index in [4.69, 9.17) is 0 Å². The lowest BCUT2D eigenvalue weighted by Crippen LogP contribution is -2.63. The summed E-state index contributed by atoms with van der Waals surface area (Å²) in [5.74, 6) is 1.03. The van der Waals surface area contributed by atoms with Crippen molar-refractivity contribution in [3.8, 4) is 0 Å². The number of piperazine rings is 3. The van der Waals surface area contributed by atoms with Gasteiger partial charge in [-0.05, 0) is 0 Å². The Bertz CT molecular complexity index is 421. The fraction of sp³-hybridized carbons (Fsp3) is 0.727. The van der Waals surface area contributed by atoms with Crippen LogP contribution in [0.4, 0.5) is 0 Å². The molecule has 3 fully saturated rings. The van der Waals surface area contributed by atoms with Crippen molar-refractivity contribution in [1.82, 2.24) is 24.6 Å². The maximum absolute atomic E-state index is 12.3. The number of fused-ring (bicyclic) bond motifs is 3. The van der Waals surface area contributed by atoms with Crippen molar-refractivity contribution in [1.29, 1.82) is 0 Å². The largest absolute Gasteiger partial charge is 0.299 e. The van der Waals surface area contributed by atoms with Gasteiger partial charge < -0.3 is 0 Å². The van der Waals surface area contributed by atoms with E-state index in [0.717, 1.165) is 38.5 Å². The van der Waals surface area contributed by atoms with E-state index in [1.165, 1.54) is 6.33 Å². The Labute approximate surface area is 100 Å². The zero-order chi connectivity index (χ0) is 11.8. The molecule has 0 spiro atoms. The van der Waals surface area contributed by atoms with E-state index in [1.807, 2.05) is 7.05 Å². The number of rotatable bonds is 3. The van der Waals surface area contributed by atoms with Crippen LogP contribution in [0.5, 0.6) is 0 Å². The Hall–Kier alpha value is -1.27. The first-order valence-corrected chi connectivity index (χ1v) is 6.06. The molecule has 3 aliphatic rings. The smallest absolute Gasteiger partial charge is 0.158 e. The van der Waals surface area contributed by atoms with Crippen molar-refractivity contribution >= 4 is 5.78 Å². The standard InChI is InChI=1S/C11H17N5O/c1-14-11(12-8-13-14)6-10(17)9-7-15-2-4-16(9)5-3-15/h8-9H,2-7H2,1H3. The van der Waals surface area contributed by atoms with E-state index in [2.05, 4.69) is 19.9 Å². The molecule has 0 aliphatic carbocycles. The van der Waals surface area contributed by atoms with E-state index < -0.39 is 0 Å². The molecule has 17 heavy (non-hydrogen) atoms. The average molecular weight is 235 g/mol. The van der Waals surface area contributed by atoms with Crippen LogP contribution < -0.4 is 0 Å². The molecule has 1 atom stereocenters. The van der Waals surface area contributed by atoms with Crippen molar-refractivity contribution in [2.75, 3.05) is 32.7 Å². The highest BCUT2D eigenvalue weighted by Crippen LogP contribution is 2.17. The van der Waals surface area contributed by atoms with E-state index in [1.54, 1.807) is 4.68 Å². The summed E-state index contributed by atoms with van der Waals surface area (Å²) in [7, 11) is 1.83. The van der Waals surface area contributed by atoms with Gasteiger partial charge in [-0.3, -0.25) is 19.3 Å². The molecule has 6 nitrogen and oxygen atoms in total. The topological polar surface area (TPSA) is 54.3 Å². The molecule has 2 bridgehead atoms. The van der Waals surface area contributed by atoms with Gasteiger partial charge in [-0.1, -0.05) is 0 Å². The Balaban J connectivity index is 1.69. The van der Waals surface area contributed by atoms with Crippen LogP contribution in [0.3, 0.4) is 0 Å². The van der Waals surface area contributed by atoms with Crippen molar-refractivity contribution < 1.29 is 4.79 Å². The third-order valence-electron chi connectivity index (χ3n) is 3.79. The van der Waals surface area contributed by atoms with Crippen molar-refractivity contribution in [3.05, 3.63) is 12.2 Å². The van der Waals surface area contributed by atoms with Crippen LogP contribution in [0.15, 0.2) is 6.33 Å². The second kappa shape index (κ2) is 4.19. The normalized spacial score (nSPS) is 31.7. The summed E-state index contributed by atoms with van der Waals surface area (Å²) in [6, 6.07) is 0.0641. The fourth-order valence-corrected chi connectivity index (χ4v) is 2.68. The van der Waals surface area contributed by atoms with Gasteiger partial charge in [0.25, 0.3) is 0 Å². The van der Waals surface area contributed by atoms with Crippen LogP contribution >= 0.6 is 0 Å². The third-order valence-corrected chi connectivity index (χ3v) is 3.79. The highest BCUT2D eigenvalue weighted by Gasteiger charge is 2.36. The molecular weight excluding hydrogens is 218 g/mol. The molecule has 1 aromatic heterocycles. The number of hydrogen-bond donors (Lipinski definition) is 0. The molecule has 1 unspecified atom stereocenters. The minimum absolute atomic E-state index is 0.0641. The minimum atomic E-state index is 0.0641. The van der Waals surface area contributed by atoms with Gasteiger partial charge in [-0.15, -0.1) is 0 Å². The summed E-state index contributed by atoms with van der Waals surface area (Å²) in [4.78, 5) is 21.0. The molecular formula is C11H17N5O. The number of carbonyl (C=O) groups excluding carboxylic acids is 1. The number of hydrogen-bond acceptors (Lipinski definition) is 5. The van der Waals surface area contributed by atoms with Crippen LogP contribution in [0, 0.1) is 0 Å². The number of nitrogens with zero attached hydrogens (tertiary/aromatic N) is 5. The number of aromatic nitrogens is 3. The number of Topliss-reactive ketones (excluding diaryl/α,β-unsaturated/α-hetero) is 1. The summed E-state index contributed by atoms with van der Waals surface area (Å²) in [6.45, 7) is 5.14. The lowest BCUT2D eigenvalue weighted by atomic mass is 10.0. The summed E-state index contributed by atoms with van der Waals surface area (Å²) in [5, 5.41) is 3.99. The highest BCUT2D eigenvalue weighted by atomic mass is 16.1. The average Bonchev–Trinajstić information content (AvgIpc) is 2.76. The molecule has 0 saturated carbocycles. The van der Waals surface area contributed by atoms with Crippen molar-refractivity contribution in [3.63, 3.8) is 0 Å². The van der Waals surface area contributed by atoms with E-state index >= 15 is 0 Å². The monoisotopic (exact) mass is 235 g/mol. The van der Waals surface area contributed by atoms with Gasteiger partial charge in [0, 0.05) is 39.8 Å². The van der Waals surface area contributed by atoms with Crippen molar-refractivity contribution in [2.24, 2.45) is 7.05 Å². The molecule has 3 aliphatic heterocycles. The van der Waals surface area contributed by atoms with Gasteiger partial charge in [0.2, 0.25) is 0 Å². The predicted octanol–water partition coefficient (Wildman–Crippen LogP) is -1.07. The van der Waals surface area contributed by atoms with Gasteiger partial charge in [0.15, 0.2) is 5.78 Å². The first-order valence-electron chi connectivity index (χ1n) is 6.06. The Morgan fingerprint density at radius 2 is 2.18 bits per heavy atom. The summed E-state index contributed by atoms with van der Waals surface area (Å²) < 4.78 is 1.68. The van der Waals surface area contributed by atoms with Gasteiger partial charge in [0.05, 0.1) is 12.5 Å². The van der Waals surface area contributed by atoms with E-state index in [-0.39, 0.29) is 11.8 Å². The number of aryl methyl sites for hydroxylation is 1. The van der Waals surface area contributed by atoms with Gasteiger partial charge in [-0.2, -0.15) is 5.10 Å². The molecule has 3 saturated heterocycles. The van der Waals surface area contributed by atoms with Gasteiger partial charge in [-0.25, -0.2) is 4.98 Å². The molecule has 4 rings (SSSR count). The second-order valence-corrected chi connectivity index (χ2v) is 4.80. The molecule has 0 aromatic carbocycles. The second-order valence-electron chi connectivity index (χ2n) is 4.80. The Morgan fingerprint density at radius 1 is 1.41 bits per heavy atom. The fourth-order valence-electron chi connectivity index (χ4n) is 2.68. The van der Waals surface area contributed by atoms with Crippen LogP contribution in [0.1, 0.15) is 5.82 Å². The Kier molecular flexibility index (Phi) is 2.68. The first kappa shape index (κ1) is 10.9. The molecule has 6 heteroatoms. The lowest BCUT2D eigenvalue weighted by molar-refractivity contribution is -0.128. The summed E-state index contributed by atoms with van der Waals surface area (Å²) in [6.07, 6.45) is 1.89. The first-order chi connectivity index (χ1) is 8.24. The SMILES string of the molecule is Cn1ncnc1CC(=O)C1CN2CCN1CC2. The summed E-state index contributed by atoms with van der Waals surface area (Å²) >= 11 is 0. The maximum atomic E-state index is 12.3. The minimum Gasteiger partial charge on any atom is -0.299 e. The maximum Gasteiger partial charge on any atom is 0.158 e. The lowest BCUT2D eigenvalue weighted by Gasteiger charge is -2.46. The third kappa shape index (κ3) is 1.98. The highest BCUT2D eigenvalue weighted by molar-refractivity contribution is 5.86. The van der Waals surface area contributed by atoms with Crippen LogP contribution in [-0.4, -0.2) is 69.1 Å². The predicted molar refractivity (Wildman–Crippen MR) is 61.5 cm³/mol. The molecule has 0 amide bonds. The van der Waals surface area contributed by atoms with E-state index in [0.29, 0.717) is 6.42 Å². The molecule has 0 N–H and O–H groups in total. The van der Waals surface area contributed by atoms with Gasteiger partial charge >= 0.3 is 0 Å². The Morgan fingerprint density at radius 3 is 2.71 bits per heavy atom. The molecule has 0 radical (unpaired) electrons. The van der Waals surface area contributed by atoms with Gasteiger partial charge in [0.1, 0.15) is 12.2 Å². The molecule has 1 aromatic rings. The van der Waals surface area contributed by atoms with Crippen molar-refractivity contribution in [2.45, 2.75) is 12.5 Å². The molecule has 4 heterocycles. The zero-order valence-corrected chi connectivity index (χ0v) is 10.0. The van der Waals surface area contributed by atoms with Crippen LogP contribution in [-0.2, 0) is 18.3 Å².